The third-order valence-electron chi connectivity index (χ3n) is 5.17. The van der Waals surface area contributed by atoms with Gasteiger partial charge in [-0.05, 0) is 25.5 Å². The SMILES string of the molecule is CCN1CCN(c2nccc(C(=O)NC3CCCCCC3)n2)CC1. The fraction of sp³-hybridized carbons (Fsp3) is 0.722. The van der Waals surface area contributed by atoms with Gasteiger partial charge in [-0.3, -0.25) is 4.79 Å². The first kappa shape index (κ1) is 17.1. The molecule has 1 aromatic heterocycles. The van der Waals surface area contributed by atoms with Crippen LogP contribution in [0, 0.1) is 0 Å². The Morgan fingerprint density at radius 2 is 1.88 bits per heavy atom. The molecule has 1 amide bonds. The summed E-state index contributed by atoms with van der Waals surface area (Å²) in [4.78, 5) is 26.0. The number of anilines is 1. The zero-order valence-corrected chi connectivity index (χ0v) is 14.7. The molecule has 0 bridgehead atoms. The van der Waals surface area contributed by atoms with E-state index in [2.05, 4.69) is 32.0 Å². The summed E-state index contributed by atoms with van der Waals surface area (Å²) in [5.41, 5.74) is 0.488. The molecule has 0 radical (unpaired) electrons. The highest BCUT2D eigenvalue weighted by Crippen LogP contribution is 2.18. The van der Waals surface area contributed by atoms with Crippen LogP contribution in [0.3, 0.4) is 0 Å². The van der Waals surface area contributed by atoms with Crippen LogP contribution in [0.2, 0.25) is 0 Å². The molecule has 1 aliphatic heterocycles. The molecule has 0 unspecified atom stereocenters. The minimum atomic E-state index is -0.0576. The van der Waals surface area contributed by atoms with Crippen molar-refractivity contribution < 1.29 is 4.79 Å². The smallest absolute Gasteiger partial charge is 0.270 e. The van der Waals surface area contributed by atoms with Crippen LogP contribution in [0.1, 0.15) is 55.9 Å². The minimum Gasteiger partial charge on any atom is -0.348 e. The van der Waals surface area contributed by atoms with Gasteiger partial charge < -0.3 is 15.1 Å². The largest absolute Gasteiger partial charge is 0.348 e. The van der Waals surface area contributed by atoms with E-state index >= 15 is 0 Å². The van der Waals surface area contributed by atoms with Gasteiger partial charge in [0.25, 0.3) is 5.91 Å². The van der Waals surface area contributed by atoms with Gasteiger partial charge in [0, 0.05) is 38.4 Å². The molecule has 1 saturated heterocycles. The Hall–Kier alpha value is -1.69. The van der Waals surface area contributed by atoms with E-state index in [4.69, 9.17) is 0 Å². The van der Waals surface area contributed by atoms with Gasteiger partial charge >= 0.3 is 0 Å². The normalized spacial score (nSPS) is 20.6. The van der Waals surface area contributed by atoms with Gasteiger partial charge in [0.2, 0.25) is 5.95 Å². The summed E-state index contributed by atoms with van der Waals surface area (Å²) in [6.07, 6.45) is 8.87. The van der Waals surface area contributed by atoms with Gasteiger partial charge in [-0.2, -0.15) is 0 Å². The predicted octanol–water partition coefficient (Wildman–Crippen LogP) is 2.07. The number of rotatable bonds is 4. The van der Waals surface area contributed by atoms with Crippen molar-refractivity contribution in [3.05, 3.63) is 18.0 Å². The lowest BCUT2D eigenvalue weighted by Gasteiger charge is -2.34. The summed E-state index contributed by atoms with van der Waals surface area (Å²) in [5, 5.41) is 3.17. The third-order valence-corrected chi connectivity index (χ3v) is 5.17. The number of hydrogen-bond acceptors (Lipinski definition) is 5. The molecule has 0 spiro atoms. The fourth-order valence-electron chi connectivity index (χ4n) is 3.57. The molecule has 1 N–H and O–H groups in total. The fourth-order valence-corrected chi connectivity index (χ4v) is 3.57. The Labute approximate surface area is 144 Å². The topological polar surface area (TPSA) is 61.4 Å². The van der Waals surface area contributed by atoms with Gasteiger partial charge in [0.05, 0.1) is 0 Å². The number of nitrogens with zero attached hydrogens (tertiary/aromatic N) is 4. The van der Waals surface area contributed by atoms with Crippen LogP contribution in [0.25, 0.3) is 0 Å². The Kier molecular flexibility index (Phi) is 6.01. The molecule has 3 rings (SSSR count). The predicted molar refractivity (Wildman–Crippen MR) is 95.3 cm³/mol. The van der Waals surface area contributed by atoms with Crippen LogP contribution in [0.15, 0.2) is 12.3 Å². The monoisotopic (exact) mass is 331 g/mol. The number of aromatic nitrogens is 2. The number of amides is 1. The lowest BCUT2D eigenvalue weighted by Crippen LogP contribution is -2.47. The molecule has 6 nitrogen and oxygen atoms in total. The van der Waals surface area contributed by atoms with Crippen molar-refractivity contribution in [3.8, 4) is 0 Å². The summed E-state index contributed by atoms with van der Waals surface area (Å²) in [5.74, 6) is 0.622. The molecule has 2 fully saturated rings. The minimum absolute atomic E-state index is 0.0576. The number of hydrogen-bond donors (Lipinski definition) is 1. The van der Waals surface area contributed by atoms with E-state index in [9.17, 15) is 4.79 Å². The number of likely N-dealkylation sites (N-methyl/N-ethyl adjacent to an activating group) is 1. The van der Waals surface area contributed by atoms with Crippen LogP contribution in [-0.4, -0.2) is 59.5 Å². The maximum Gasteiger partial charge on any atom is 0.270 e. The van der Waals surface area contributed by atoms with Crippen molar-refractivity contribution in [2.75, 3.05) is 37.6 Å². The summed E-state index contributed by atoms with van der Waals surface area (Å²) < 4.78 is 0. The average Bonchev–Trinajstić information content (AvgIpc) is 2.90. The van der Waals surface area contributed by atoms with Crippen LogP contribution < -0.4 is 10.2 Å². The number of nitrogens with one attached hydrogen (secondary N) is 1. The van der Waals surface area contributed by atoms with Crippen LogP contribution in [0.4, 0.5) is 5.95 Å². The molecule has 2 aliphatic rings. The van der Waals surface area contributed by atoms with Crippen LogP contribution in [-0.2, 0) is 0 Å². The first-order valence-electron chi connectivity index (χ1n) is 9.37. The third kappa shape index (κ3) is 4.44. The highest BCUT2D eigenvalue weighted by Gasteiger charge is 2.20. The summed E-state index contributed by atoms with van der Waals surface area (Å²) in [6, 6.07) is 2.02. The second-order valence-corrected chi connectivity index (χ2v) is 6.83. The Balaban J connectivity index is 1.61. The molecule has 2 heterocycles. The van der Waals surface area contributed by atoms with Crippen molar-refractivity contribution in [2.45, 2.75) is 51.5 Å². The maximum atomic E-state index is 12.5. The molecule has 0 aromatic carbocycles. The van der Waals surface area contributed by atoms with Gasteiger partial charge in [-0.1, -0.05) is 32.6 Å². The molecule has 0 atom stereocenters. The van der Waals surface area contributed by atoms with Crippen molar-refractivity contribution >= 4 is 11.9 Å². The maximum absolute atomic E-state index is 12.5. The molecule has 6 heteroatoms. The lowest BCUT2D eigenvalue weighted by atomic mass is 10.1. The quantitative estimate of drug-likeness (QED) is 0.856. The van der Waals surface area contributed by atoms with E-state index in [1.165, 1.54) is 25.7 Å². The Morgan fingerprint density at radius 3 is 2.54 bits per heavy atom. The van der Waals surface area contributed by atoms with Gasteiger partial charge in [-0.15, -0.1) is 0 Å². The zero-order chi connectivity index (χ0) is 16.8. The number of carbonyl (C=O) groups excluding carboxylic acids is 1. The molecule has 1 aliphatic carbocycles. The van der Waals surface area contributed by atoms with Crippen molar-refractivity contribution in [1.82, 2.24) is 20.2 Å². The van der Waals surface area contributed by atoms with E-state index in [0.29, 0.717) is 17.7 Å². The first-order valence-corrected chi connectivity index (χ1v) is 9.37. The van der Waals surface area contributed by atoms with Gasteiger partial charge in [-0.25, -0.2) is 9.97 Å². The number of piperazine rings is 1. The summed E-state index contributed by atoms with van der Waals surface area (Å²) >= 11 is 0. The van der Waals surface area contributed by atoms with Crippen LogP contribution in [0.5, 0.6) is 0 Å². The molecule has 1 saturated carbocycles. The highest BCUT2D eigenvalue weighted by molar-refractivity contribution is 5.92. The molecule has 24 heavy (non-hydrogen) atoms. The number of carbonyl (C=O) groups is 1. The van der Waals surface area contributed by atoms with E-state index in [0.717, 1.165) is 45.6 Å². The molecular weight excluding hydrogens is 302 g/mol. The summed E-state index contributed by atoms with van der Waals surface area (Å²) in [7, 11) is 0. The van der Waals surface area contributed by atoms with E-state index < -0.39 is 0 Å². The van der Waals surface area contributed by atoms with Gasteiger partial charge in [0.15, 0.2) is 0 Å². The zero-order valence-electron chi connectivity index (χ0n) is 14.7. The second kappa shape index (κ2) is 8.42. The molecule has 132 valence electrons. The van der Waals surface area contributed by atoms with Crippen LogP contribution >= 0.6 is 0 Å². The lowest BCUT2D eigenvalue weighted by molar-refractivity contribution is 0.0928. The van der Waals surface area contributed by atoms with Crippen molar-refractivity contribution in [1.29, 1.82) is 0 Å². The van der Waals surface area contributed by atoms with Crippen molar-refractivity contribution in [3.63, 3.8) is 0 Å². The Morgan fingerprint density at radius 1 is 1.17 bits per heavy atom. The highest BCUT2D eigenvalue weighted by atomic mass is 16.1. The molecular formula is C18H29N5O. The average molecular weight is 331 g/mol. The second-order valence-electron chi connectivity index (χ2n) is 6.83. The first-order chi connectivity index (χ1) is 11.8. The van der Waals surface area contributed by atoms with E-state index in [1.807, 2.05) is 0 Å². The van der Waals surface area contributed by atoms with Crippen molar-refractivity contribution in [2.24, 2.45) is 0 Å². The Bertz CT molecular complexity index is 534. The molecule has 1 aromatic rings. The van der Waals surface area contributed by atoms with Gasteiger partial charge in [0.1, 0.15) is 5.69 Å². The summed E-state index contributed by atoms with van der Waals surface area (Å²) in [6.45, 7) is 7.16. The van der Waals surface area contributed by atoms with E-state index in [1.54, 1.807) is 12.3 Å². The standard InChI is InChI=1S/C18H29N5O/c1-2-22-11-13-23(14-12-22)18-19-10-9-16(21-18)17(24)20-15-7-5-3-4-6-8-15/h9-10,15H,2-8,11-14H2,1H3,(H,20,24). The van der Waals surface area contributed by atoms with E-state index in [-0.39, 0.29) is 5.91 Å².